The highest BCUT2D eigenvalue weighted by atomic mass is 16.5. The molecule has 8 nitrogen and oxygen atoms in total. The third kappa shape index (κ3) is 3.25. The van der Waals surface area contributed by atoms with Gasteiger partial charge in [0.2, 0.25) is 11.7 Å². The van der Waals surface area contributed by atoms with Gasteiger partial charge in [0, 0.05) is 25.0 Å². The van der Waals surface area contributed by atoms with E-state index in [9.17, 15) is 5.11 Å². The molecule has 1 unspecified atom stereocenters. The number of aryl methyl sites for hydroxylation is 1. The van der Waals surface area contributed by atoms with Crippen molar-refractivity contribution in [1.29, 1.82) is 0 Å². The number of aromatic nitrogens is 5. The van der Waals surface area contributed by atoms with Gasteiger partial charge in [0.1, 0.15) is 6.10 Å². The molecule has 0 radical (unpaired) electrons. The van der Waals surface area contributed by atoms with Crippen LogP contribution in [-0.4, -0.2) is 36.1 Å². The Morgan fingerprint density at radius 2 is 2.20 bits per heavy atom. The Labute approximate surface area is 144 Å². The summed E-state index contributed by atoms with van der Waals surface area (Å²) in [5, 5.41) is 18.4. The Bertz CT molecular complexity index is 853. The summed E-state index contributed by atoms with van der Waals surface area (Å²) < 4.78 is 12.8. The molecule has 0 bridgehead atoms. The molecule has 25 heavy (non-hydrogen) atoms. The Morgan fingerprint density at radius 1 is 1.36 bits per heavy atom. The lowest BCUT2D eigenvalue weighted by Gasteiger charge is -2.13. The first-order chi connectivity index (χ1) is 12.2. The van der Waals surface area contributed by atoms with Crippen LogP contribution in [0.3, 0.4) is 0 Å². The summed E-state index contributed by atoms with van der Waals surface area (Å²) in [6, 6.07) is 3.63. The van der Waals surface area contributed by atoms with E-state index in [1.807, 2.05) is 6.07 Å². The molecular weight excluding hydrogens is 322 g/mol. The van der Waals surface area contributed by atoms with E-state index in [0.717, 1.165) is 12.8 Å². The van der Waals surface area contributed by atoms with Crippen LogP contribution in [0.15, 0.2) is 35.2 Å². The van der Waals surface area contributed by atoms with E-state index in [1.54, 1.807) is 36.4 Å². The zero-order chi connectivity index (χ0) is 17.2. The minimum absolute atomic E-state index is 0.110. The van der Waals surface area contributed by atoms with Crippen molar-refractivity contribution >= 4 is 0 Å². The maximum absolute atomic E-state index is 10.4. The monoisotopic (exact) mass is 341 g/mol. The van der Waals surface area contributed by atoms with Crippen molar-refractivity contribution in [3.8, 4) is 17.3 Å². The smallest absolute Gasteiger partial charge is 0.260 e. The van der Waals surface area contributed by atoms with Gasteiger partial charge in [-0.3, -0.25) is 4.68 Å². The second kappa shape index (κ2) is 6.64. The molecule has 0 aliphatic heterocycles. The minimum Gasteiger partial charge on any atom is -0.474 e. The number of aliphatic hydroxyl groups excluding tert-OH is 1. The lowest BCUT2D eigenvalue weighted by molar-refractivity contribution is 0.170. The first-order valence-electron chi connectivity index (χ1n) is 8.33. The molecule has 8 heteroatoms. The number of ether oxygens (including phenoxy) is 1. The summed E-state index contributed by atoms with van der Waals surface area (Å²) in [5.74, 6) is 0.954. The fourth-order valence-corrected chi connectivity index (χ4v) is 3.00. The van der Waals surface area contributed by atoms with E-state index >= 15 is 0 Å². The van der Waals surface area contributed by atoms with E-state index in [-0.39, 0.29) is 12.0 Å². The molecule has 0 amide bonds. The molecule has 0 spiro atoms. The quantitative estimate of drug-likeness (QED) is 0.760. The topological polar surface area (TPSA) is 99.1 Å². The predicted molar refractivity (Wildman–Crippen MR) is 87.7 cm³/mol. The molecule has 1 aliphatic rings. The molecule has 1 aliphatic carbocycles. The highest BCUT2D eigenvalue weighted by Gasteiger charge is 2.24. The predicted octanol–water partition coefficient (Wildman–Crippen LogP) is 2.27. The van der Waals surface area contributed by atoms with Crippen molar-refractivity contribution in [2.45, 2.75) is 37.9 Å². The molecule has 0 saturated heterocycles. The number of hydrogen-bond donors (Lipinski definition) is 1. The van der Waals surface area contributed by atoms with Gasteiger partial charge in [-0.15, -0.1) is 0 Å². The zero-order valence-electron chi connectivity index (χ0n) is 13.9. The first-order valence-corrected chi connectivity index (χ1v) is 8.33. The highest BCUT2D eigenvalue weighted by Crippen LogP contribution is 2.31. The van der Waals surface area contributed by atoms with E-state index in [4.69, 9.17) is 9.26 Å². The lowest BCUT2D eigenvalue weighted by Crippen LogP contribution is -2.12. The highest BCUT2D eigenvalue weighted by molar-refractivity contribution is 5.60. The van der Waals surface area contributed by atoms with Crippen LogP contribution in [0.4, 0.5) is 0 Å². The Balaban J connectivity index is 1.59. The van der Waals surface area contributed by atoms with Gasteiger partial charge in [-0.05, 0) is 37.8 Å². The van der Waals surface area contributed by atoms with Gasteiger partial charge in [-0.2, -0.15) is 10.1 Å². The second-order valence-corrected chi connectivity index (χ2v) is 6.19. The van der Waals surface area contributed by atoms with Crippen LogP contribution in [0, 0.1) is 0 Å². The molecule has 3 heterocycles. The van der Waals surface area contributed by atoms with Gasteiger partial charge in [0.15, 0.2) is 6.10 Å². The number of pyridine rings is 1. The summed E-state index contributed by atoms with van der Waals surface area (Å²) in [7, 11) is 1.78. The van der Waals surface area contributed by atoms with Crippen molar-refractivity contribution in [1.82, 2.24) is 24.9 Å². The number of hydrogen-bond acceptors (Lipinski definition) is 7. The van der Waals surface area contributed by atoms with Gasteiger partial charge >= 0.3 is 0 Å². The third-order valence-corrected chi connectivity index (χ3v) is 4.31. The SMILES string of the molecule is Cn1cc(C(O)c2nc(-c3cccnc3OC3CCCC3)no2)cn1. The largest absolute Gasteiger partial charge is 0.474 e. The van der Waals surface area contributed by atoms with E-state index < -0.39 is 6.10 Å². The maximum Gasteiger partial charge on any atom is 0.260 e. The van der Waals surface area contributed by atoms with Crippen molar-refractivity contribution in [3.63, 3.8) is 0 Å². The van der Waals surface area contributed by atoms with Gasteiger partial charge in [0.05, 0.1) is 11.8 Å². The Hall–Kier alpha value is -2.74. The van der Waals surface area contributed by atoms with E-state index in [0.29, 0.717) is 22.8 Å². The second-order valence-electron chi connectivity index (χ2n) is 6.19. The summed E-state index contributed by atoms with van der Waals surface area (Å²) in [6.45, 7) is 0. The van der Waals surface area contributed by atoms with Gasteiger partial charge in [-0.1, -0.05) is 5.16 Å². The molecule has 1 saturated carbocycles. The molecule has 3 aromatic rings. The summed E-state index contributed by atoms with van der Waals surface area (Å²) in [6.07, 6.45) is 8.53. The summed E-state index contributed by atoms with van der Waals surface area (Å²) in [4.78, 5) is 8.63. The van der Waals surface area contributed by atoms with Crippen molar-refractivity contribution < 1.29 is 14.4 Å². The Kier molecular flexibility index (Phi) is 4.19. The normalized spacial score (nSPS) is 16.2. The molecule has 3 aromatic heterocycles. The van der Waals surface area contributed by atoms with Crippen LogP contribution in [0.2, 0.25) is 0 Å². The van der Waals surface area contributed by atoms with Gasteiger partial charge in [0.25, 0.3) is 5.89 Å². The van der Waals surface area contributed by atoms with Crippen LogP contribution in [0.1, 0.15) is 43.2 Å². The fraction of sp³-hybridized carbons (Fsp3) is 0.412. The average molecular weight is 341 g/mol. The number of nitrogens with zero attached hydrogens (tertiary/aromatic N) is 5. The van der Waals surface area contributed by atoms with Crippen LogP contribution in [0.5, 0.6) is 5.88 Å². The molecule has 1 fully saturated rings. The van der Waals surface area contributed by atoms with Gasteiger partial charge < -0.3 is 14.4 Å². The standard InChI is InChI=1S/C17H19N5O3/c1-22-10-11(9-19-22)14(23)17-20-15(21-25-17)13-7-4-8-18-16(13)24-12-5-2-3-6-12/h4,7-10,12,14,23H,2-3,5-6H2,1H3. The van der Waals surface area contributed by atoms with Crippen LogP contribution >= 0.6 is 0 Å². The molecule has 4 rings (SSSR count). The first kappa shape index (κ1) is 15.8. The third-order valence-electron chi connectivity index (χ3n) is 4.31. The molecular formula is C17H19N5O3. The Morgan fingerprint density at radius 3 is 2.96 bits per heavy atom. The minimum atomic E-state index is -1.02. The van der Waals surface area contributed by atoms with Crippen LogP contribution < -0.4 is 4.74 Å². The maximum atomic E-state index is 10.4. The van der Waals surface area contributed by atoms with Crippen molar-refractivity contribution in [2.75, 3.05) is 0 Å². The zero-order valence-corrected chi connectivity index (χ0v) is 13.9. The molecule has 1 atom stereocenters. The number of rotatable bonds is 5. The van der Waals surface area contributed by atoms with Gasteiger partial charge in [-0.25, -0.2) is 4.98 Å². The van der Waals surface area contributed by atoms with Crippen LogP contribution in [-0.2, 0) is 7.05 Å². The van der Waals surface area contributed by atoms with Crippen molar-refractivity contribution in [2.24, 2.45) is 7.05 Å². The summed E-state index contributed by atoms with van der Waals surface area (Å²) in [5.41, 5.74) is 1.24. The van der Waals surface area contributed by atoms with Crippen LogP contribution in [0.25, 0.3) is 11.4 Å². The van der Waals surface area contributed by atoms with Crippen molar-refractivity contribution in [3.05, 3.63) is 42.2 Å². The average Bonchev–Trinajstić information content (AvgIpc) is 3.36. The van der Waals surface area contributed by atoms with E-state index in [1.165, 1.54) is 12.8 Å². The number of aliphatic hydroxyl groups is 1. The molecule has 0 aromatic carbocycles. The van der Waals surface area contributed by atoms with E-state index in [2.05, 4.69) is 20.2 Å². The summed E-state index contributed by atoms with van der Waals surface area (Å²) >= 11 is 0. The molecule has 1 N–H and O–H groups in total. The molecule has 130 valence electrons. The fourth-order valence-electron chi connectivity index (χ4n) is 3.00. The lowest BCUT2D eigenvalue weighted by atomic mass is 10.2.